The lowest BCUT2D eigenvalue weighted by Crippen LogP contribution is -2.52. The Morgan fingerprint density at radius 2 is 1.97 bits per heavy atom. The molecule has 0 spiro atoms. The standard InChI is InChI=1S/C23H25FN4O5/c1-32-19-4-9-33-20(19)13-26-5-7-27(8-6-26)18-11-14(24)10-15-16(18)12-28(23(15)31)17-2-3-21(29)25-22(17)30/h4,9-11,17H,2-3,5-8,12-13H2,1H3,(H,25,29,30). The molecule has 0 saturated carbocycles. The normalized spacial score (nSPS) is 21.4. The molecule has 1 aromatic carbocycles. The van der Waals surface area contributed by atoms with Crippen molar-refractivity contribution < 1.29 is 27.9 Å². The summed E-state index contributed by atoms with van der Waals surface area (Å²) in [5.41, 5.74) is 1.70. The van der Waals surface area contributed by atoms with Gasteiger partial charge in [0.05, 0.1) is 19.9 Å². The van der Waals surface area contributed by atoms with E-state index < -0.39 is 17.8 Å². The van der Waals surface area contributed by atoms with Crippen molar-refractivity contribution in [2.24, 2.45) is 0 Å². The van der Waals surface area contributed by atoms with Gasteiger partial charge < -0.3 is 19.0 Å². The van der Waals surface area contributed by atoms with Crippen LogP contribution in [0, 0.1) is 5.82 Å². The minimum absolute atomic E-state index is 0.181. The quantitative estimate of drug-likeness (QED) is 0.682. The Balaban J connectivity index is 1.31. The van der Waals surface area contributed by atoms with Crippen LogP contribution in [0.3, 0.4) is 0 Å². The molecule has 0 bridgehead atoms. The van der Waals surface area contributed by atoms with Gasteiger partial charge in [-0.1, -0.05) is 0 Å². The zero-order valence-corrected chi connectivity index (χ0v) is 18.3. The van der Waals surface area contributed by atoms with Crippen molar-refractivity contribution in [1.82, 2.24) is 15.1 Å². The molecule has 33 heavy (non-hydrogen) atoms. The Kier molecular flexibility index (Phi) is 5.53. The molecule has 1 aromatic heterocycles. The molecule has 3 aliphatic heterocycles. The summed E-state index contributed by atoms with van der Waals surface area (Å²) >= 11 is 0. The fraction of sp³-hybridized carbons (Fsp3) is 0.435. The van der Waals surface area contributed by atoms with E-state index in [2.05, 4.69) is 15.1 Å². The number of hydrogen-bond acceptors (Lipinski definition) is 7. The molecule has 9 nitrogen and oxygen atoms in total. The molecule has 2 aromatic rings. The van der Waals surface area contributed by atoms with Crippen LogP contribution in [0.4, 0.5) is 10.1 Å². The highest BCUT2D eigenvalue weighted by Gasteiger charge is 2.41. The van der Waals surface area contributed by atoms with E-state index in [0.29, 0.717) is 31.1 Å². The lowest BCUT2D eigenvalue weighted by atomic mass is 10.0. The molecule has 3 amide bonds. The number of carbonyl (C=O) groups is 3. The summed E-state index contributed by atoms with van der Waals surface area (Å²) in [4.78, 5) is 42.6. The molecule has 10 heteroatoms. The smallest absolute Gasteiger partial charge is 0.255 e. The highest BCUT2D eigenvalue weighted by atomic mass is 19.1. The first-order valence-electron chi connectivity index (χ1n) is 11.0. The minimum Gasteiger partial charge on any atom is -0.493 e. The van der Waals surface area contributed by atoms with Crippen molar-refractivity contribution in [1.29, 1.82) is 0 Å². The van der Waals surface area contributed by atoms with E-state index in [-0.39, 0.29) is 36.8 Å². The zero-order valence-electron chi connectivity index (χ0n) is 18.3. The van der Waals surface area contributed by atoms with Crippen molar-refractivity contribution in [2.45, 2.75) is 32.0 Å². The number of carbonyl (C=O) groups excluding carboxylic acids is 3. The van der Waals surface area contributed by atoms with Crippen molar-refractivity contribution in [2.75, 3.05) is 38.2 Å². The maximum Gasteiger partial charge on any atom is 0.255 e. The molecule has 2 fully saturated rings. The highest BCUT2D eigenvalue weighted by Crippen LogP contribution is 2.35. The van der Waals surface area contributed by atoms with Crippen LogP contribution in [0.2, 0.25) is 0 Å². The Morgan fingerprint density at radius 1 is 1.18 bits per heavy atom. The van der Waals surface area contributed by atoms with E-state index in [1.54, 1.807) is 19.4 Å². The fourth-order valence-corrected chi connectivity index (χ4v) is 4.87. The highest BCUT2D eigenvalue weighted by molar-refractivity contribution is 6.06. The van der Waals surface area contributed by atoms with Crippen LogP contribution in [0.5, 0.6) is 5.75 Å². The number of hydrogen-bond donors (Lipinski definition) is 1. The number of rotatable bonds is 5. The molecule has 1 atom stereocenters. The number of fused-ring (bicyclic) bond motifs is 1. The Hall–Kier alpha value is -3.40. The second-order valence-electron chi connectivity index (χ2n) is 8.53. The lowest BCUT2D eigenvalue weighted by Gasteiger charge is -2.36. The van der Waals surface area contributed by atoms with Gasteiger partial charge in [0.15, 0.2) is 11.5 Å². The topological polar surface area (TPSA) is 95.3 Å². The Bertz CT molecular complexity index is 1110. The maximum atomic E-state index is 14.5. The number of piperidine rings is 1. The Labute approximate surface area is 190 Å². The lowest BCUT2D eigenvalue weighted by molar-refractivity contribution is -0.136. The van der Waals surface area contributed by atoms with Gasteiger partial charge in [0.2, 0.25) is 11.8 Å². The van der Waals surface area contributed by atoms with Gasteiger partial charge in [0, 0.05) is 62.0 Å². The SMILES string of the molecule is COc1ccoc1CN1CCN(c2cc(F)cc3c2CN(C2CCC(=O)NC2=O)C3=O)CC1. The van der Waals surface area contributed by atoms with Gasteiger partial charge in [0.1, 0.15) is 11.9 Å². The molecule has 1 N–H and O–H groups in total. The number of halogens is 1. The van der Waals surface area contributed by atoms with E-state index in [1.807, 2.05) is 0 Å². The number of benzene rings is 1. The summed E-state index contributed by atoms with van der Waals surface area (Å²) in [5.74, 6) is -0.183. The third-order valence-electron chi connectivity index (χ3n) is 6.60. The van der Waals surface area contributed by atoms with Gasteiger partial charge in [-0.05, 0) is 18.6 Å². The summed E-state index contributed by atoms with van der Waals surface area (Å²) in [6, 6.07) is 3.77. The average Bonchev–Trinajstić information content (AvgIpc) is 3.38. The van der Waals surface area contributed by atoms with Crippen LogP contribution in [0.1, 0.15) is 34.5 Å². The van der Waals surface area contributed by atoms with E-state index in [4.69, 9.17) is 9.15 Å². The largest absolute Gasteiger partial charge is 0.493 e. The first-order chi connectivity index (χ1) is 15.9. The number of amides is 3. The summed E-state index contributed by atoms with van der Waals surface area (Å²) in [7, 11) is 1.61. The number of piperazine rings is 1. The van der Waals surface area contributed by atoms with Crippen LogP contribution >= 0.6 is 0 Å². The Morgan fingerprint density at radius 3 is 2.70 bits per heavy atom. The van der Waals surface area contributed by atoms with E-state index in [0.717, 1.165) is 24.4 Å². The summed E-state index contributed by atoms with van der Waals surface area (Å²) in [6.07, 6.45) is 2.06. The van der Waals surface area contributed by atoms with Crippen molar-refractivity contribution in [3.8, 4) is 5.75 Å². The predicted molar refractivity (Wildman–Crippen MR) is 115 cm³/mol. The summed E-state index contributed by atoms with van der Waals surface area (Å²) < 4.78 is 25.3. The average molecular weight is 456 g/mol. The zero-order chi connectivity index (χ0) is 23.1. The third kappa shape index (κ3) is 3.95. The van der Waals surface area contributed by atoms with Gasteiger partial charge in [0.25, 0.3) is 5.91 Å². The molecule has 0 aliphatic carbocycles. The maximum absolute atomic E-state index is 14.5. The number of ether oxygens (including phenoxy) is 1. The fourth-order valence-electron chi connectivity index (χ4n) is 4.87. The van der Waals surface area contributed by atoms with Gasteiger partial charge >= 0.3 is 0 Å². The van der Waals surface area contributed by atoms with Crippen LogP contribution in [0.15, 0.2) is 28.9 Å². The number of methoxy groups -OCH3 is 1. The van der Waals surface area contributed by atoms with E-state index in [9.17, 15) is 18.8 Å². The molecule has 0 radical (unpaired) electrons. The molecule has 5 rings (SSSR count). The van der Waals surface area contributed by atoms with Crippen LogP contribution in [-0.2, 0) is 22.7 Å². The third-order valence-corrected chi connectivity index (χ3v) is 6.60. The van der Waals surface area contributed by atoms with E-state index in [1.165, 1.54) is 17.0 Å². The van der Waals surface area contributed by atoms with Crippen molar-refractivity contribution >= 4 is 23.4 Å². The second-order valence-corrected chi connectivity index (χ2v) is 8.53. The van der Waals surface area contributed by atoms with Gasteiger partial charge in [-0.3, -0.25) is 24.6 Å². The van der Waals surface area contributed by atoms with Gasteiger partial charge in [-0.25, -0.2) is 4.39 Å². The van der Waals surface area contributed by atoms with E-state index >= 15 is 0 Å². The number of imide groups is 1. The van der Waals surface area contributed by atoms with Gasteiger partial charge in [-0.15, -0.1) is 0 Å². The van der Waals surface area contributed by atoms with Crippen LogP contribution in [-0.4, -0.2) is 66.9 Å². The summed E-state index contributed by atoms with van der Waals surface area (Å²) in [6.45, 7) is 3.63. The van der Waals surface area contributed by atoms with Crippen molar-refractivity contribution in [3.63, 3.8) is 0 Å². The number of nitrogens with one attached hydrogen (secondary N) is 1. The molecular formula is C23H25FN4O5. The minimum atomic E-state index is -0.723. The molecule has 1 unspecified atom stereocenters. The predicted octanol–water partition coefficient (Wildman–Crippen LogP) is 1.51. The molecule has 3 aliphatic rings. The first kappa shape index (κ1) is 21.4. The van der Waals surface area contributed by atoms with Crippen LogP contribution < -0.4 is 15.0 Å². The van der Waals surface area contributed by atoms with Crippen LogP contribution in [0.25, 0.3) is 0 Å². The molecular weight excluding hydrogens is 431 g/mol. The number of anilines is 1. The van der Waals surface area contributed by atoms with Gasteiger partial charge in [-0.2, -0.15) is 0 Å². The number of furan rings is 1. The number of nitrogens with zero attached hydrogens (tertiary/aromatic N) is 3. The first-order valence-corrected chi connectivity index (χ1v) is 11.0. The second kappa shape index (κ2) is 8.51. The molecule has 2 saturated heterocycles. The molecule has 4 heterocycles. The summed E-state index contributed by atoms with van der Waals surface area (Å²) in [5, 5.41) is 2.30. The van der Waals surface area contributed by atoms with Crippen molar-refractivity contribution in [3.05, 3.63) is 47.2 Å². The molecule has 174 valence electrons. The monoisotopic (exact) mass is 456 g/mol.